The smallest absolute Gasteiger partial charge is 0.238 e. The van der Waals surface area contributed by atoms with Gasteiger partial charge in [0.15, 0.2) is 0 Å². The van der Waals surface area contributed by atoms with Crippen LogP contribution in [-0.2, 0) is 14.4 Å². The van der Waals surface area contributed by atoms with Gasteiger partial charge in [0.1, 0.15) is 5.82 Å². The summed E-state index contributed by atoms with van der Waals surface area (Å²) < 4.78 is 0. The van der Waals surface area contributed by atoms with Gasteiger partial charge < -0.3 is 16.0 Å². The number of aromatic nitrogens is 1. The molecule has 0 spiro atoms. The standard InChI is InChI=1S/C18H18N4O3S/c23-16(22-15-7-3-4-9-19-15)8-10-20-17(24)11-14-18(25)21-12-5-1-2-6-13(12)26-14/h1-7,9,14H,8,10-11H2,(H,20,24)(H,21,25)(H,19,22,23)/t14-/m0/s1. The van der Waals surface area contributed by atoms with E-state index in [-0.39, 0.29) is 37.1 Å². The summed E-state index contributed by atoms with van der Waals surface area (Å²) in [5, 5.41) is 7.65. The van der Waals surface area contributed by atoms with Crippen LogP contribution in [0.4, 0.5) is 11.5 Å². The van der Waals surface area contributed by atoms with Gasteiger partial charge in [-0.2, -0.15) is 0 Å². The van der Waals surface area contributed by atoms with Crippen molar-refractivity contribution in [3.05, 3.63) is 48.7 Å². The Morgan fingerprint density at radius 3 is 2.73 bits per heavy atom. The lowest BCUT2D eigenvalue weighted by atomic mass is 10.2. The van der Waals surface area contributed by atoms with Gasteiger partial charge in [0, 0.05) is 30.5 Å². The molecule has 2 heterocycles. The second-order valence-electron chi connectivity index (χ2n) is 5.66. The Morgan fingerprint density at radius 2 is 1.92 bits per heavy atom. The largest absolute Gasteiger partial charge is 0.356 e. The number of pyridine rings is 1. The van der Waals surface area contributed by atoms with E-state index in [1.165, 1.54) is 11.8 Å². The molecule has 1 aliphatic heterocycles. The summed E-state index contributed by atoms with van der Waals surface area (Å²) in [7, 11) is 0. The number of hydrogen-bond donors (Lipinski definition) is 3. The summed E-state index contributed by atoms with van der Waals surface area (Å²) in [5.74, 6) is -0.208. The number of anilines is 2. The molecule has 1 aromatic carbocycles. The Labute approximate surface area is 155 Å². The van der Waals surface area contributed by atoms with E-state index in [0.29, 0.717) is 5.82 Å². The minimum atomic E-state index is -0.479. The van der Waals surface area contributed by atoms with Crippen LogP contribution in [0, 0.1) is 0 Å². The van der Waals surface area contributed by atoms with Crippen molar-refractivity contribution in [2.24, 2.45) is 0 Å². The molecule has 3 amide bonds. The molecule has 26 heavy (non-hydrogen) atoms. The fourth-order valence-corrected chi connectivity index (χ4v) is 3.54. The topological polar surface area (TPSA) is 100 Å². The van der Waals surface area contributed by atoms with Gasteiger partial charge in [-0.05, 0) is 24.3 Å². The number of rotatable bonds is 6. The molecule has 3 N–H and O–H groups in total. The first-order chi connectivity index (χ1) is 12.6. The first kappa shape index (κ1) is 17.9. The first-order valence-electron chi connectivity index (χ1n) is 8.16. The molecule has 0 bridgehead atoms. The summed E-state index contributed by atoms with van der Waals surface area (Å²) in [5.41, 5.74) is 0.769. The molecule has 134 valence electrons. The van der Waals surface area contributed by atoms with Crippen LogP contribution in [0.25, 0.3) is 0 Å². The highest BCUT2D eigenvalue weighted by atomic mass is 32.2. The quantitative estimate of drug-likeness (QED) is 0.722. The number of nitrogens with one attached hydrogen (secondary N) is 3. The minimum Gasteiger partial charge on any atom is -0.356 e. The Balaban J connectivity index is 1.42. The van der Waals surface area contributed by atoms with Crippen LogP contribution < -0.4 is 16.0 Å². The fraction of sp³-hybridized carbons (Fsp3) is 0.222. The van der Waals surface area contributed by atoms with Gasteiger partial charge in [0.05, 0.1) is 10.9 Å². The van der Waals surface area contributed by atoms with E-state index >= 15 is 0 Å². The van der Waals surface area contributed by atoms with E-state index in [1.807, 2.05) is 24.3 Å². The molecule has 1 aromatic heterocycles. The van der Waals surface area contributed by atoms with Gasteiger partial charge >= 0.3 is 0 Å². The fourth-order valence-electron chi connectivity index (χ4n) is 2.43. The van der Waals surface area contributed by atoms with Crippen molar-refractivity contribution in [2.45, 2.75) is 23.0 Å². The molecule has 3 rings (SSSR count). The second kappa shape index (κ2) is 8.48. The summed E-state index contributed by atoms with van der Waals surface area (Å²) in [6, 6.07) is 12.7. The number of thioether (sulfide) groups is 1. The molecule has 2 aromatic rings. The summed E-state index contributed by atoms with van der Waals surface area (Å²) in [6.45, 7) is 0.201. The zero-order valence-electron chi connectivity index (χ0n) is 13.9. The van der Waals surface area contributed by atoms with Crippen LogP contribution >= 0.6 is 11.8 Å². The third kappa shape index (κ3) is 4.82. The van der Waals surface area contributed by atoms with E-state index in [4.69, 9.17) is 0 Å². The van der Waals surface area contributed by atoms with Crippen molar-refractivity contribution in [3.63, 3.8) is 0 Å². The molecule has 0 radical (unpaired) electrons. The Hall–Kier alpha value is -2.87. The highest BCUT2D eigenvalue weighted by Crippen LogP contribution is 2.36. The minimum absolute atomic E-state index is 0.0622. The van der Waals surface area contributed by atoms with Gasteiger partial charge in [-0.25, -0.2) is 4.98 Å². The zero-order chi connectivity index (χ0) is 18.4. The maximum atomic E-state index is 12.1. The lowest BCUT2D eigenvalue weighted by molar-refractivity contribution is -0.124. The lowest BCUT2D eigenvalue weighted by Gasteiger charge is -2.23. The maximum Gasteiger partial charge on any atom is 0.238 e. The second-order valence-corrected chi connectivity index (χ2v) is 6.90. The van der Waals surface area contributed by atoms with Gasteiger partial charge in [0.2, 0.25) is 17.7 Å². The average molecular weight is 370 g/mol. The Kier molecular flexibility index (Phi) is 5.85. The van der Waals surface area contributed by atoms with Gasteiger partial charge in [0.25, 0.3) is 0 Å². The Morgan fingerprint density at radius 1 is 1.12 bits per heavy atom. The summed E-state index contributed by atoms with van der Waals surface area (Å²) in [4.78, 5) is 40.9. The lowest BCUT2D eigenvalue weighted by Crippen LogP contribution is -2.35. The number of benzene rings is 1. The number of amides is 3. The number of hydrogen-bond acceptors (Lipinski definition) is 5. The SMILES string of the molecule is O=C(C[C@@H]1Sc2ccccc2NC1=O)NCCC(=O)Nc1ccccn1. The highest BCUT2D eigenvalue weighted by Gasteiger charge is 2.28. The number of para-hydroxylation sites is 1. The first-order valence-corrected chi connectivity index (χ1v) is 9.04. The molecule has 0 saturated carbocycles. The van der Waals surface area contributed by atoms with E-state index in [9.17, 15) is 14.4 Å². The van der Waals surface area contributed by atoms with Crippen LogP contribution in [0.3, 0.4) is 0 Å². The monoisotopic (exact) mass is 370 g/mol. The average Bonchev–Trinajstić information content (AvgIpc) is 2.63. The zero-order valence-corrected chi connectivity index (χ0v) is 14.7. The number of nitrogens with zero attached hydrogens (tertiary/aromatic N) is 1. The number of carbonyl (C=O) groups is 3. The molecule has 1 atom stereocenters. The summed E-state index contributed by atoms with van der Waals surface area (Å²) >= 11 is 1.37. The normalized spacial score (nSPS) is 15.5. The molecule has 8 heteroatoms. The predicted molar refractivity (Wildman–Crippen MR) is 99.8 cm³/mol. The molecule has 0 fully saturated rings. The molecule has 0 aliphatic carbocycles. The number of carbonyl (C=O) groups excluding carboxylic acids is 3. The Bertz CT molecular complexity index is 813. The third-order valence-electron chi connectivity index (χ3n) is 3.68. The van der Waals surface area contributed by atoms with Crippen molar-refractivity contribution in [1.82, 2.24) is 10.3 Å². The van der Waals surface area contributed by atoms with Gasteiger partial charge in [-0.3, -0.25) is 14.4 Å². The van der Waals surface area contributed by atoms with E-state index in [1.54, 1.807) is 24.4 Å². The molecule has 7 nitrogen and oxygen atoms in total. The molecule has 0 unspecified atom stereocenters. The predicted octanol–water partition coefficient (Wildman–Crippen LogP) is 2.03. The van der Waals surface area contributed by atoms with Crippen molar-refractivity contribution < 1.29 is 14.4 Å². The van der Waals surface area contributed by atoms with Crippen molar-refractivity contribution >= 4 is 41.0 Å². The van der Waals surface area contributed by atoms with E-state index in [0.717, 1.165) is 10.6 Å². The number of fused-ring (bicyclic) bond motifs is 1. The molecule has 0 saturated heterocycles. The van der Waals surface area contributed by atoms with Crippen LogP contribution in [0.1, 0.15) is 12.8 Å². The van der Waals surface area contributed by atoms with E-state index in [2.05, 4.69) is 20.9 Å². The summed E-state index contributed by atoms with van der Waals surface area (Å²) in [6.07, 6.45) is 1.78. The van der Waals surface area contributed by atoms with Gasteiger partial charge in [-0.15, -0.1) is 11.8 Å². The van der Waals surface area contributed by atoms with Crippen LogP contribution in [0.15, 0.2) is 53.6 Å². The van der Waals surface area contributed by atoms with Crippen molar-refractivity contribution in [1.29, 1.82) is 0 Å². The third-order valence-corrected chi connectivity index (χ3v) is 4.96. The van der Waals surface area contributed by atoms with Crippen molar-refractivity contribution in [2.75, 3.05) is 17.2 Å². The van der Waals surface area contributed by atoms with Crippen molar-refractivity contribution in [3.8, 4) is 0 Å². The van der Waals surface area contributed by atoms with Crippen LogP contribution in [0.5, 0.6) is 0 Å². The molecular weight excluding hydrogens is 352 g/mol. The molecule has 1 aliphatic rings. The van der Waals surface area contributed by atoms with Gasteiger partial charge in [-0.1, -0.05) is 18.2 Å². The van der Waals surface area contributed by atoms with E-state index < -0.39 is 5.25 Å². The van der Waals surface area contributed by atoms with Crippen LogP contribution in [0.2, 0.25) is 0 Å². The molecular formula is C18H18N4O3S. The van der Waals surface area contributed by atoms with Crippen LogP contribution in [-0.4, -0.2) is 34.5 Å². The highest BCUT2D eigenvalue weighted by molar-refractivity contribution is 8.01. The maximum absolute atomic E-state index is 12.1.